The molecule has 0 saturated carbocycles. The lowest BCUT2D eigenvalue weighted by Gasteiger charge is -2.08. The number of hydrogen-bond donors (Lipinski definition) is 3. The van der Waals surface area contributed by atoms with Crippen LogP contribution in [0.3, 0.4) is 0 Å². The Morgan fingerprint density at radius 3 is 1.96 bits per heavy atom. The van der Waals surface area contributed by atoms with Gasteiger partial charge in [-0.2, -0.15) is 0 Å². The molecule has 0 aliphatic rings. The molecule has 2 heterocycles. The van der Waals surface area contributed by atoms with E-state index in [0.717, 1.165) is 11.3 Å². The normalized spacial score (nSPS) is 10.9. The fourth-order valence-corrected chi connectivity index (χ4v) is 4.10. The van der Waals surface area contributed by atoms with Gasteiger partial charge in [-0.25, -0.2) is 4.79 Å². The van der Waals surface area contributed by atoms with Crippen molar-refractivity contribution < 1.29 is 15.0 Å². The minimum atomic E-state index is -1.11. The van der Waals surface area contributed by atoms with E-state index in [1.54, 1.807) is 48.5 Å². The molecule has 5 nitrogen and oxygen atoms in total. The fraction of sp³-hybridized carbons (Fsp3) is 0. The van der Waals surface area contributed by atoms with Gasteiger partial charge in [0.15, 0.2) is 0 Å². The number of H-pyrrole nitrogens is 1. The van der Waals surface area contributed by atoms with Gasteiger partial charge in [-0.3, -0.25) is 4.79 Å². The fourth-order valence-electron chi connectivity index (χ4n) is 3.05. The summed E-state index contributed by atoms with van der Waals surface area (Å²) in [6, 6.07) is 17.8. The number of carboxylic acid groups (broad SMARTS) is 1. The number of benzene rings is 2. The van der Waals surface area contributed by atoms with Gasteiger partial charge in [-0.05, 0) is 11.1 Å². The van der Waals surface area contributed by atoms with Gasteiger partial charge in [-0.15, -0.1) is 11.3 Å². The number of aromatic carboxylic acids is 1. The first-order valence-corrected chi connectivity index (χ1v) is 8.65. The van der Waals surface area contributed by atoms with E-state index in [0.29, 0.717) is 26.9 Å². The number of fused-ring (bicyclic) bond motifs is 1. The minimum Gasteiger partial charge on any atom is -0.506 e. The molecule has 128 valence electrons. The van der Waals surface area contributed by atoms with Crippen molar-refractivity contribution in [2.45, 2.75) is 0 Å². The van der Waals surface area contributed by atoms with E-state index in [9.17, 15) is 19.8 Å². The maximum absolute atomic E-state index is 12.5. The maximum Gasteiger partial charge on any atom is 0.346 e. The van der Waals surface area contributed by atoms with Gasteiger partial charge in [0.25, 0.3) is 5.56 Å². The van der Waals surface area contributed by atoms with Crippen LogP contribution in [0.5, 0.6) is 5.75 Å². The van der Waals surface area contributed by atoms with E-state index in [1.807, 2.05) is 12.1 Å². The number of nitrogens with one attached hydrogen (secondary N) is 1. The van der Waals surface area contributed by atoms with Crippen molar-refractivity contribution in [3.8, 4) is 28.0 Å². The molecule has 0 fully saturated rings. The standard InChI is InChI=1S/C20H13NO4S/c22-16-14(12-9-5-2-6-10-12)18(23)21-19-15(16)13(17(26-19)20(24)25)11-7-3-1-4-8-11/h1-10H,(H,24,25)(H2,21,22,23). The number of aromatic nitrogens is 1. The highest BCUT2D eigenvalue weighted by Gasteiger charge is 2.25. The smallest absolute Gasteiger partial charge is 0.346 e. The summed E-state index contributed by atoms with van der Waals surface area (Å²) in [6.45, 7) is 0. The van der Waals surface area contributed by atoms with Crippen LogP contribution in [0, 0.1) is 0 Å². The van der Waals surface area contributed by atoms with Gasteiger partial charge in [0.1, 0.15) is 15.5 Å². The van der Waals surface area contributed by atoms with Gasteiger partial charge >= 0.3 is 5.97 Å². The number of aromatic hydroxyl groups is 1. The second-order valence-corrected chi connectivity index (χ2v) is 6.75. The Kier molecular flexibility index (Phi) is 3.82. The van der Waals surface area contributed by atoms with E-state index in [1.165, 1.54) is 0 Å². The average molecular weight is 363 g/mol. The zero-order valence-corrected chi connectivity index (χ0v) is 14.2. The second-order valence-electron chi connectivity index (χ2n) is 5.73. The Labute approximate surface area is 151 Å². The second kappa shape index (κ2) is 6.16. The van der Waals surface area contributed by atoms with E-state index in [4.69, 9.17) is 0 Å². The third-order valence-corrected chi connectivity index (χ3v) is 5.25. The van der Waals surface area contributed by atoms with Crippen molar-refractivity contribution in [3.63, 3.8) is 0 Å². The third kappa shape index (κ3) is 2.48. The first kappa shape index (κ1) is 16.1. The topological polar surface area (TPSA) is 90.4 Å². The van der Waals surface area contributed by atoms with Crippen molar-refractivity contribution in [1.82, 2.24) is 4.98 Å². The van der Waals surface area contributed by atoms with Gasteiger partial charge in [0.2, 0.25) is 0 Å². The van der Waals surface area contributed by atoms with Crippen LogP contribution in [0.2, 0.25) is 0 Å². The van der Waals surface area contributed by atoms with Crippen molar-refractivity contribution in [1.29, 1.82) is 0 Å². The Balaban J connectivity index is 2.14. The van der Waals surface area contributed by atoms with Gasteiger partial charge in [0, 0.05) is 5.56 Å². The Morgan fingerprint density at radius 1 is 0.885 bits per heavy atom. The number of carbonyl (C=O) groups is 1. The molecular formula is C20H13NO4S. The zero-order chi connectivity index (χ0) is 18.3. The molecule has 0 atom stereocenters. The lowest BCUT2D eigenvalue weighted by Crippen LogP contribution is -2.08. The Morgan fingerprint density at radius 2 is 1.42 bits per heavy atom. The summed E-state index contributed by atoms with van der Waals surface area (Å²) in [5.41, 5.74) is 1.31. The van der Waals surface area contributed by atoms with E-state index in [-0.39, 0.29) is 16.2 Å². The highest BCUT2D eigenvalue weighted by atomic mass is 32.1. The highest BCUT2D eigenvalue weighted by Crippen LogP contribution is 2.44. The molecule has 0 spiro atoms. The van der Waals surface area contributed by atoms with Gasteiger partial charge in [0.05, 0.1) is 10.9 Å². The van der Waals surface area contributed by atoms with Crippen molar-refractivity contribution in [2.24, 2.45) is 0 Å². The number of hydrogen-bond acceptors (Lipinski definition) is 4. The van der Waals surface area contributed by atoms with Crippen LogP contribution in [0.1, 0.15) is 9.67 Å². The third-order valence-electron chi connectivity index (χ3n) is 4.16. The predicted molar refractivity (Wildman–Crippen MR) is 102 cm³/mol. The number of aromatic amines is 1. The molecule has 0 radical (unpaired) electrons. The lowest BCUT2D eigenvalue weighted by atomic mass is 9.99. The van der Waals surface area contributed by atoms with Gasteiger partial charge < -0.3 is 15.2 Å². The van der Waals surface area contributed by atoms with E-state index >= 15 is 0 Å². The van der Waals surface area contributed by atoms with Crippen molar-refractivity contribution >= 4 is 27.5 Å². The molecule has 6 heteroatoms. The molecule has 0 bridgehead atoms. The summed E-state index contributed by atoms with van der Waals surface area (Å²) in [5.74, 6) is -1.32. The zero-order valence-electron chi connectivity index (χ0n) is 13.4. The van der Waals surface area contributed by atoms with E-state index < -0.39 is 11.5 Å². The van der Waals surface area contributed by atoms with Gasteiger partial charge in [-0.1, -0.05) is 60.7 Å². The minimum absolute atomic E-state index is 0.0716. The number of carboxylic acids is 1. The van der Waals surface area contributed by atoms with Crippen LogP contribution in [-0.2, 0) is 0 Å². The molecule has 2 aromatic heterocycles. The van der Waals surface area contributed by atoms with Crippen LogP contribution in [0.25, 0.3) is 32.5 Å². The molecular weight excluding hydrogens is 350 g/mol. The SMILES string of the molecule is O=C(O)c1sc2[nH]c(=O)c(-c3ccccc3)c(O)c2c1-c1ccccc1. The van der Waals surface area contributed by atoms with Crippen LogP contribution in [-0.4, -0.2) is 21.2 Å². The molecule has 0 amide bonds. The first-order valence-electron chi connectivity index (χ1n) is 7.84. The van der Waals surface area contributed by atoms with Crippen molar-refractivity contribution in [2.75, 3.05) is 0 Å². The Hall–Kier alpha value is -3.38. The molecule has 3 N–H and O–H groups in total. The lowest BCUT2D eigenvalue weighted by molar-refractivity contribution is 0.0703. The number of rotatable bonds is 3. The summed E-state index contributed by atoms with van der Waals surface area (Å²) in [6.07, 6.45) is 0. The molecule has 2 aromatic carbocycles. The van der Waals surface area contributed by atoms with Crippen LogP contribution in [0.15, 0.2) is 65.5 Å². The van der Waals surface area contributed by atoms with E-state index in [2.05, 4.69) is 4.98 Å². The van der Waals surface area contributed by atoms with Crippen LogP contribution >= 0.6 is 11.3 Å². The summed E-state index contributed by atoms with van der Waals surface area (Å²) in [7, 11) is 0. The monoisotopic (exact) mass is 363 g/mol. The molecule has 0 aliphatic carbocycles. The highest BCUT2D eigenvalue weighted by molar-refractivity contribution is 7.21. The maximum atomic E-state index is 12.5. The molecule has 0 saturated heterocycles. The average Bonchev–Trinajstić information content (AvgIpc) is 3.03. The first-order chi connectivity index (χ1) is 12.6. The predicted octanol–water partition coefficient (Wildman–Crippen LogP) is 4.33. The number of thiophene rings is 1. The van der Waals surface area contributed by atoms with Crippen LogP contribution < -0.4 is 5.56 Å². The number of pyridine rings is 1. The van der Waals surface area contributed by atoms with Crippen LogP contribution in [0.4, 0.5) is 0 Å². The summed E-state index contributed by atoms with van der Waals surface area (Å²) in [4.78, 5) is 27.4. The summed E-state index contributed by atoms with van der Waals surface area (Å²) >= 11 is 0.944. The Bertz CT molecular complexity index is 1180. The largest absolute Gasteiger partial charge is 0.506 e. The molecule has 4 aromatic rings. The molecule has 0 unspecified atom stereocenters. The quantitative estimate of drug-likeness (QED) is 0.505. The summed E-state index contributed by atoms with van der Waals surface area (Å²) in [5, 5.41) is 20.9. The molecule has 26 heavy (non-hydrogen) atoms. The van der Waals surface area contributed by atoms with Crippen molar-refractivity contribution in [3.05, 3.63) is 75.9 Å². The molecule has 0 aliphatic heterocycles. The molecule has 4 rings (SSSR count). The summed E-state index contributed by atoms with van der Waals surface area (Å²) < 4.78 is 0.